The molecule has 5 rings (SSSR count). The van der Waals surface area contributed by atoms with Crippen LogP contribution in [0.1, 0.15) is 117 Å². The number of nitrogens with zero attached hydrogens (tertiary/aromatic N) is 5. The predicted molar refractivity (Wildman–Crippen MR) is 231 cm³/mol. The third-order valence-electron chi connectivity index (χ3n) is 10.1. The van der Waals surface area contributed by atoms with Gasteiger partial charge < -0.3 is 20.9 Å². The van der Waals surface area contributed by atoms with Crippen LogP contribution < -0.4 is 16.4 Å². The van der Waals surface area contributed by atoms with Crippen molar-refractivity contribution in [3.8, 4) is 12.3 Å². The highest BCUT2D eigenvalue weighted by Gasteiger charge is 2.32. The number of carbonyl (C=O) groups is 1. The Balaban J connectivity index is 0.00000144. The van der Waals surface area contributed by atoms with E-state index in [-0.39, 0.29) is 11.3 Å². The Kier molecular flexibility index (Phi) is 18.0. The first-order valence-electron chi connectivity index (χ1n) is 20.0. The molecular formula is C44H67N7OS. The summed E-state index contributed by atoms with van der Waals surface area (Å²) in [7, 11) is 0. The Hall–Kier alpha value is -3.74. The molecule has 1 aliphatic rings. The summed E-state index contributed by atoms with van der Waals surface area (Å²) in [4.78, 5) is 23.5. The minimum Gasteiger partial charge on any atom is -0.382 e. The van der Waals surface area contributed by atoms with Crippen LogP contribution in [0.5, 0.6) is 0 Å². The largest absolute Gasteiger partial charge is 0.382 e. The van der Waals surface area contributed by atoms with Gasteiger partial charge in [-0.15, -0.1) is 6.42 Å². The molecule has 2 atom stereocenters. The fourth-order valence-electron chi connectivity index (χ4n) is 7.80. The molecule has 1 amide bonds. The number of amides is 1. The minimum atomic E-state index is -0.0914. The first kappa shape index (κ1) is 43.7. The van der Waals surface area contributed by atoms with Gasteiger partial charge in [0, 0.05) is 55.8 Å². The third kappa shape index (κ3) is 12.4. The van der Waals surface area contributed by atoms with Gasteiger partial charge >= 0.3 is 0 Å². The van der Waals surface area contributed by atoms with Gasteiger partial charge in [-0.25, -0.2) is 9.97 Å². The van der Waals surface area contributed by atoms with Crippen LogP contribution in [-0.4, -0.2) is 56.9 Å². The van der Waals surface area contributed by atoms with Gasteiger partial charge in [0.25, 0.3) is 0 Å². The number of nitrogens with two attached hydrogens (primary N) is 2. The van der Waals surface area contributed by atoms with E-state index in [1.165, 1.54) is 36.9 Å². The number of hydrogen-bond donors (Lipinski definition) is 3. The first-order valence-corrected chi connectivity index (χ1v) is 20.5. The van der Waals surface area contributed by atoms with Gasteiger partial charge in [0.15, 0.2) is 5.82 Å². The van der Waals surface area contributed by atoms with E-state index in [1.807, 2.05) is 19.9 Å². The molecule has 290 valence electrons. The van der Waals surface area contributed by atoms with Crippen molar-refractivity contribution in [2.75, 3.05) is 36.8 Å². The van der Waals surface area contributed by atoms with E-state index in [9.17, 15) is 0 Å². The number of primary amides is 1. The van der Waals surface area contributed by atoms with Crippen LogP contribution in [0.3, 0.4) is 0 Å². The Morgan fingerprint density at radius 3 is 2.34 bits per heavy atom. The smallest absolute Gasteiger partial charge is 0.204 e. The molecule has 4 aromatic rings. The lowest BCUT2D eigenvalue weighted by Gasteiger charge is -2.45. The lowest BCUT2D eigenvalue weighted by molar-refractivity contribution is -0.106. The van der Waals surface area contributed by atoms with Gasteiger partial charge in [-0.2, -0.15) is 12.6 Å². The van der Waals surface area contributed by atoms with Crippen LogP contribution >= 0.6 is 12.6 Å². The Morgan fingerprint density at radius 1 is 0.981 bits per heavy atom. The number of terminal acetylenes is 1. The van der Waals surface area contributed by atoms with Gasteiger partial charge in [-0.1, -0.05) is 78.9 Å². The maximum Gasteiger partial charge on any atom is 0.204 e. The third-order valence-corrected chi connectivity index (χ3v) is 10.6. The van der Waals surface area contributed by atoms with Crippen molar-refractivity contribution >= 4 is 52.5 Å². The number of aromatic nitrogens is 3. The van der Waals surface area contributed by atoms with E-state index in [2.05, 4.69) is 97.0 Å². The molecule has 2 aromatic carbocycles. The summed E-state index contributed by atoms with van der Waals surface area (Å²) in [5.41, 5.74) is 17.2. The molecule has 0 spiro atoms. The highest BCUT2D eigenvalue weighted by atomic mass is 32.1. The number of piperazine rings is 1. The molecule has 53 heavy (non-hydrogen) atoms. The number of nitrogen functional groups attached to an aromatic ring is 1. The number of pyridine rings is 1. The molecule has 0 bridgehead atoms. The maximum absolute atomic E-state index is 8.58. The fourth-order valence-corrected chi connectivity index (χ4v) is 8.31. The minimum absolute atomic E-state index is 0.0914. The number of unbranched alkanes of at least 4 members (excludes halogenated alkanes) is 4. The maximum atomic E-state index is 8.58. The average Bonchev–Trinajstić information content (AvgIpc) is 3.51. The van der Waals surface area contributed by atoms with E-state index in [0.717, 1.165) is 110 Å². The quantitative estimate of drug-likeness (QED) is 0.0458. The summed E-state index contributed by atoms with van der Waals surface area (Å²) in [6, 6.07) is 15.1. The number of anilines is 2. The summed E-state index contributed by atoms with van der Waals surface area (Å²) in [6.45, 7) is 20.5. The topological polar surface area (TPSA) is 106 Å². The van der Waals surface area contributed by atoms with Crippen LogP contribution in [-0.2, 0) is 24.2 Å². The van der Waals surface area contributed by atoms with Crippen LogP contribution in [0.15, 0.2) is 42.5 Å². The lowest BCUT2D eigenvalue weighted by Crippen LogP contribution is -2.54. The highest BCUT2D eigenvalue weighted by molar-refractivity contribution is 7.81. The fraction of sp³-hybridized carbons (Fsp3) is 0.568. The van der Waals surface area contributed by atoms with Crippen LogP contribution in [0, 0.1) is 24.2 Å². The molecule has 8 nitrogen and oxygen atoms in total. The zero-order valence-electron chi connectivity index (χ0n) is 33.7. The normalized spacial score (nSPS) is 14.9. The molecule has 2 aromatic heterocycles. The molecule has 0 radical (unpaired) electrons. The van der Waals surface area contributed by atoms with Crippen molar-refractivity contribution < 1.29 is 4.79 Å². The number of carbonyl (C=O) groups excluding carboxylic acids is 1. The van der Waals surface area contributed by atoms with Crippen molar-refractivity contribution in [2.45, 2.75) is 124 Å². The number of rotatable bonds is 16. The van der Waals surface area contributed by atoms with Crippen molar-refractivity contribution in [2.24, 2.45) is 17.6 Å². The van der Waals surface area contributed by atoms with Gasteiger partial charge in [-0.05, 0) is 93.2 Å². The number of imidazole rings is 1. The van der Waals surface area contributed by atoms with E-state index in [4.69, 9.17) is 39.5 Å². The van der Waals surface area contributed by atoms with E-state index < -0.39 is 0 Å². The molecule has 1 fully saturated rings. The van der Waals surface area contributed by atoms with Crippen molar-refractivity contribution in [3.63, 3.8) is 0 Å². The summed E-state index contributed by atoms with van der Waals surface area (Å²) in [6.07, 6.45) is 17.1. The summed E-state index contributed by atoms with van der Waals surface area (Å²) in [5.74, 6) is 5.81. The molecule has 1 saturated heterocycles. The first-order chi connectivity index (χ1) is 25.5. The second-order valence-corrected chi connectivity index (χ2v) is 15.9. The number of benzene rings is 2. The number of fused-ring (bicyclic) bond motifs is 3. The van der Waals surface area contributed by atoms with E-state index in [1.54, 1.807) is 0 Å². The Morgan fingerprint density at radius 2 is 1.68 bits per heavy atom. The van der Waals surface area contributed by atoms with Gasteiger partial charge in [0.05, 0.1) is 15.9 Å². The summed E-state index contributed by atoms with van der Waals surface area (Å²) in [5, 5.41) is 1.16. The zero-order chi connectivity index (χ0) is 39.0. The molecule has 1 aliphatic heterocycles. The van der Waals surface area contributed by atoms with E-state index >= 15 is 0 Å². The second kappa shape index (κ2) is 21.8. The van der Waals surface area contributed by atoms with E-state index in [0.29, 0.717) is 11.7 Å². The SMILES string of the molecule is C#Cc1cccc(CCCCCCn2c(CCCC)nc3c(N)nc4ccc(N5CCN(C(C)(S)CC(C)CC(C)C)CC5)cc4c32)c1.CC.NC=O. The average molecular weight is 742 g/mol. The van der Waals surface area contributed by atoms with Gasteiger partial charge in [0.1, 0.15) is 11.3 Å². The van der Waals surface area contributed by atoms with Crippen LogP contribution in [0.25, 0.3) is 21.9 Å². The predicted octanol–water partition coefficient (Wildman–Crippen LogP) is 9.26. The summed E-state index contributed by atoms with van der Waals surface area (Å²) >= 11 is 5.19. The monoisotopic (exact) mass is 742 g/mol. The Labute approximate surface area is 325 Å². The van der Waals surface area contributed by atoms with Crippen molar-refractivity contribution in [1.82, 2.24) is 19.4 Å². The number of thiol groups is 1. The number of aryl methyl sites for hydroxylation is 3. The van der Waals surface area contributed by atoms with Crippen molar-refractivity contribution in [3.05, 3.63) is 59.4 Å². The molecular weight excluding hydrogens is 675 g/mol. The summed E-state index contributed by atoms with van der Waals surface area (Å²) < 4.78 is 2.47. The van der Waals surface area contributed by atoms with Gasteiger partial charge in [0.2, 0.25) is 6.41 Å². The standard InChI is InChI=1S/C41H58N6S.C2H6.CH3NO/c1-7-9-18-37-44-38-39(47(37)21-13-11-10-12-15-33-17-14-16-32(8-2)27-33)35-28-34(19-20-36(35)43-40(38)42)45-22-24-46(25-23-45)41(6,48)29-31(5)26-30(3)4;1-2;2-1-3/h2,14,16-17,19-20,27-28,30-31,48H,7,9-13,15,18,21-26,29H2,1,3-6H3,(H2,42,43);1-2H3;1H,(H2,2,3). The molecule has 0 saturated carbocycles. The van der Waals surface area contributed by atoms with Crippen molar-refractivity contribution in [1.29, 1.82) is 0 Å². The molecule has 3 heterocycles. The zero-order valence-corrected chi connectivity index (χ0v) is 34.6. The molecule has 9 heteroatoms. The highest BCUT2D eigenvalue weighted by Crippen LogP contribution is 2.35. The molecule has 2 unspecified atom stereocenters. The Bertz CT molecular complexity index is 1750. The van der Waals surface area contributed by atoms with Crippen LogP contribution in [0.2, 0.25) is 0 Å². The molecule has 0 aliphatic carbocycles. The number of hydrogen-bond acceptors (Lipinski definition) is 7. The second-order valence-electron chi connectivity index (χ2n) is 15.0. The molecule has 4 N–H and O–H groups in total. The van der Waals surface area contributed by atoms with Gasteiger partial charge in [-0.3, -0.25) is 9.69 Å². The van der Waals surface area contributed by atoms with Crippen LogP contribution in [0.4, 0.5) is 11.5 Å². The lowest BCUT2D eigenvalue weighted by atomic mass is 9.92.